The summed E-state index contributed by atoms with van der Waals surface area (Å²) < 4.78 is 2.12. The van der Waals surface area contributed by atoms with Gasteiger partial charge in [0.25, 0.3) is 0 Å². The monoisotopic (exact) mass is 383 g/mol. The lowest BCUT2D eigenvalue weighted by molar-refractivity contribution is -0.123. The van der Waals surface area contributed by atoms with Gasteiger partial charge in [-0.1, -0.05) is 42.5 Å². The van der Waals surface area contributed by atoms with E-state index in [1.54, 1.807) is 0 Å². The first-order valence-corrected chi connectivity index (χ1v) is 10.3. The van der Waals surface area contributed by atoms with Crippen LogP contribution in [0.15, 0.2) is 67.0 Å². The van der Waals surface area contributed by atoms with Crippen molar-refractivity contribution in [2.45, 2.75) is 19.4 Å². The Morgan fingerprint density at radius 2 is 1.66 bits per heavy atom. The normalized spacial score (nSPS) is 27.4. The van der Waals surface area contributed by atoms with Crippen LogP contribution in [0.1, 0.15) is 12.0 Å². The summed E-state index contributed by atoms with van der Waals surface area (Å²) in [5, 5.41) is 0. The summed E-state index contributed by atoms with van der Waals surface area (Å²) >= 11 is 0. The lowest BCUT2D eigenvalue weighted by Crippen LogP contribution is -2.32. The molecule has 2 aromatic carbocycles. The zero-order chi connectivity index (χ0) is 19.5. The minimum atomic E-state index is -0.170. The number of aromatic nitrogens is 2. The number of imidazole rings is 1. The lowest BCUT2D eigenvalue weighted by atomic mass is 9.85. The van der Waals surface area contributed by atoms with Crippen molar-refractivity contribution in [3.05, 3.63) is 72.6 Å². The summed E-state index contributed by atoms with van der Waals surface area (Å²) in [5.74, 6) is 0.0347. The smallest absolute Gasteiger partial charge is 0.238 e. The SMILES string of the molecule is O=C1[C@@H]2[C@@H](C(=O)N1c1ccc3c(c1)ncn3CCc1ccccc1)[C@H]1C=C[C@H]2C1. The Bertz CT molecular complexity index is 1130. The Morgan fingerprint density at radius 1 is 0.931 bits per heavy atom. The summed E-state index contributed by atoms with van der Waals surface area (Å²) in [6.07, 6.45) is 7.96. The highest BCUT2D eigenvalue weighted by Crippen LogP contribution is 2.53. The van der Waals surface area contributed by atoms with Gasteiger partial charge in [0.1, 0.15) is 0 Å². The lowest BCUT2D eigenvalue weighted by Gasteiger charge is -2.17. The van der Waals surface area contributed by atoms with Gasteiger partial charge in [0.05, 0.1) is 34.9 Å². The number of anilines is 1. The van der Waals surface area contributed by atoms with Crippen LogP contribution in [0.2, 0.25) is 0 Å². The van der Waals surface area contributed by atoms with Gasteiger partial charge in [-0.25, -0.2) is 9.88 Å². The van der Waals surface area contributed by atoms with E-state index in [0.717, 1.165) is 30.4 Å². The van der Waals surface area contributed by atoms with Crippen molar-refractivity contribution in [1.82, 2.24) is 9.55 Å². The molecule has 2 bridgehead atoms. The Hall–Kier alpha value is -3.21. The molecule has 29 heavy (non-hydrogen) atoms. The van der Waals surface area contributed by atoms with Crippen molar-refractivity contribution in [2.24, 2.45) is 23.7 Å². The quantitative estimate of drug-likeness (QED) is 0.511. The van der Waals surface area contributed by atoms with E-state index in [4.69, 9.17) is 0 Å². The van der Waals surface area contributed by atoms with Crippen LogP contribution < -0.4 is 4.90 Å². The van der Waals surface area contributed by atoms with E-state index in [-0.39, 0.29) is 35.5 Å². The molecule has 5 nitrogen and oxygen atoms in total. The molecule has 2 heterocycles. The summed E-state index contributed by atoms with van der Waals surface area (Å²) in [6.45, 7) is 0.834. The molecule has 4 atom stereocenters. The molecule has 6 rings (SSSR count). The van der Waals surface area contributed by atoms with Crippen LogP contribution in [0.5, 0.6) is 0 Å². The minimum absolute atomic E-state index is 0.0419. The van der Waals surface area contributed by atoms with Crippen LogP contribution >= 0.6 is 0 Å². The number of rotatable bonds is 4. The molecular formula is C24H21N3O2. The first-order chi connectivity index (χ1) is 14.2. The predicted octanol–water partition coefficient (Wildman–Crippen LogP) is 3.59. The molecule has 2 amide bonds. The van der Waals surface area contributed by atoms with Gasteiger partial charge in [-0.05, 0) is 48.4 Å². The molecule has 2 fully saturated rings. The highest BCUT2D eigenvalue weighted by atomic mass is 16.2. The Balaban J connectivity index is 1.28. The number of hydrogen-bond donors (Lipinski definition) is 0. The van der Waals surface area contributed by atoms with Crippen LogP contribution in [0.25, 0.3) is 11.0 Å². The van der Waals surface area contributed by atoms with E-state index in [9.17, 15) is 9.59 Å². The van der Waals surface area contributed by atoms with Gasteiger partial charge in [-0.3, -0.25) is 9.59 Å². The number of fused-ring (bicyclic) bond motifs is 6. The number of aryl methyl sites for hydroxylation is 2. The molecule has 1 aliphatic heterocycles. The second kappa shape index (κ2) is 6.14. The van der Waals surface area contributed by atoms with E-state index in [1.807, 2.05) is 30.6 Å². The molecule has 0 spiro atoms. The maximum Gasteiger partial charge on any atom is 0.238 e. The van der Waals surface area contributed by atoms with Crippen molar-refractivity contribution in [3.8, 4) is 0 Å². The molecule has 3 aromatic rings. The molecule has 5 heteroatoms. The van der Waals surface area contributed by atoms with Gasteiger partial charge < -0.3 is 4.57 Å². The number of allylic oxidation sites excluding steroid dienone is 2. The van der Waals surface area contributed by atoms with E-state index in [1.165, 1.54) is 10.5 Å². The molecule has 0 unspecified atom stereocenters. The summed E-state index contributed by atoms with van der Waals surface area (Å²) in [6, 6.07) is 16.1. The van der Waals surface area contributed by atoms with Gasteiger partial charge in [-0.2, -0.15) is 0 Å². The Kier molecular flexibility index (Phi) is 3.54. The van der Waals surface area contributed by atoms with E-state index in [0.29, 0.717) is 5.69 Å². The molecule has 1 aromatic heterocycles. The average Bonchev–Trinajstić information content (AvgIpc) is 3.50. The minimum Gasteiger partial charge on any atom is -0.330 e. The maximum atomic E-state index is 13.0. The van der Waals surface area contributed by atoms with Gasteiger partial charge >= 0.3 is 0 Å². The van der Waals surface area contributed by atoms with E-state index >= 15 is 0 Å². The van der Waals surface area contributed by atoms with Crippen LogP contribution in [-0.2, 0) is 22.6 Å². The van der Waals surface area contributed by atoms with E-state index in [2.05, 4.69) is 46.0 Å². The zero-order valence-electron chi connectivity index (χ0n) is 15.9. The molecule has 1 saturated heterocycles. The van der Waals surface area contributed by atoms with Crippen molar-refractivity contribution < 1.29 is 9.59 Å². The van der Waals surface area contributed by atoms with E-state index < -0.39 is 0 Å². The van der Waals surface area contributed by atoms with Gasteiger partial charge in [0.15, 0.2) is 0 Å². The zero-order valence-corrected chi connectivity index (χ0v) is 15.9. The van der Waals surface area contributed by atoms with Gasteiger partial charge in [0.2, 0.25) is 11.8 Å². The Labute approximate surface area is 168 Å². The molecule has 3 aliphatic rings. The number of carbonyl (C=O) groups is 2. The molecule has 0 N–H and O–H groups in total. The van der Waals surface area contributed by atoms with Gasteiger partial charge in [-0.15, -0.1) is 0 Å². The molecule has 0 radical (unpaired) electrons. The molecule has 2 aliphatic carbocycles. The van der Waals surface area contributed by atoms with Crippen LogP contribution in [0, 0.1) is 23.7 Å². The fraction of sp³-hybridized carbons (Fsp3) is 0.292. The fourth-order valence-electron chi connectivity index (χ4n) is 5.42. The average molecular weight is 383 g/mol. The van der Waals surface area contributed by atoms with Crippen molar-refractivity contribution in [1.29, 1.82) is 0 Å². The van der Waals surface area contributed by atoms with Crippen molar-refractivity contribution >= 4 is 28.5 Å². The first-order valence-electron chi connectivity index (χ1n) is 10.3. The third kappa shape index (κ3) is 2.43. The molecule has 144 valence electrons. The van der Waals surface area contributed by atoms with Gasteiger partial charge in [0, 0.05) is 6.54 Å². The third-order valence-electron chi connectivity index (χ3n) is 6.82. The second-order valence-electron chi connectivity index (χ2n) is 8.36. The number of nitrogens with zero attached hydrogens (tertiary/aromatic N) is 3. The number of amides is 2. The Morgan fingerprint density at radius 3 is 2.38 bits per heavy atom. The summed E-state index contributed by atoms with van der Waals surface area (Å²) in [5.41, 5.74) is 3.77. The van der Waals surface area contributed by atoms with Crippen LogP contribution in [0.3, 0.4) is 0 Å². The highest BCUT2D eigenvalue weighted by molar-refractivity contribution is 6.23. The first kappa shape index (κ1) is 16.7. The highest BCUT2D eigenvalue weighted by Gasteiger charge is 2.59. The number of hydrogen-bond acceptors (Lipinski definition) is 3. The topological polar surface area (TPSA) is 55.2 Å². The second-order valence-corrected chi connectivity index (χ2v) is 8.36. The third-order valence-corrected chi connectivity index (χ3v) is 6.82. The van der Waals surface area contributed by atoms with Crippen molar-refractivity contribution in [2.75, 3.05) is 4.90 Å². The van der Waals surface area contributed by atoms with Crippen LogP contribution in [-0.4, -0.2) is 21.4 Å². The number of imide groups is 1. The fourth-order valence-corrected chi connectivity index (χ4v) is 5.42. The standard InChI is InChI=1S/C24H21N3O2/c28-23-21-16-6-7-17(12-16)22(21)24(29)27(23)18-8-9-20-19(13-18)25-14-26(20)11-10-15-4-2-1-3-5-15/h1-9,13-14,16-17,21-22H,10-12H2/t16-,17-,21-,22-/m0/s1. The van der Waals surface area contributed by atoms with Crippen LogP contribution in [0.4, 0.5) is 5.69 Å². The largest absolute Gasteiger partial charge is 0.330 e. The maximum absolute atomic E-state index is 13.0. The number of carbonyl (C=O) groups excluding carboxylic acids is 2. The molecule has 1 saturated carbocycles. The van der Waals surface area contributed by atoms with Crippen molar-refractivity contribution in [3.63, 3.8) is 0 Å². The predicted molar refractivity (Wildman–Crippen MR) is 110 cm³/mol. The summed E-state index contributed by atoms with van der Waals surface area (Å²) in [4.78, 5) is 32.0. The number of benzene rings is 2. The summed E-state index contributed by atoms with van der Waals surface area (Å²) in [7, 11) is 0. The molecular weight excluding hydrogens is 362 g/mol.